The van der Waals surface area contributed by atoms with Crippen molar-refractivity contribution in [2.75, 3.05) is 29.9 Å². The van der Waals surface area contributed by atoms with E-state index in [1.165, 1.54) is 0 Å². The van der Waals surface area contributed by atoms with Gasteiger partial charge in [-0.05, 0) is 56.9 Å². The summed E-state index contributed by atoms with van der Waals surface area (Å²) in [5, 5.41) is 5.62. The number of pyridine rings is 1. The zero-order chi connectivity index (χ0) is 19.4. The molecule has 1 fully saturated rings. The lowest BCUT2D eigenvalue weighted by molar-refractivity contribution is -0.115. The minimum absolute atomic E-state index is 0.0834. The van der Waals surface area contributed by atoms with Crippen molar-refractivity contribution < 1.29 is 9.59 Å². The smallest absolute Gasteiger partial charge is 0.255 e. The van der Waals surface area contributed by atoms with Crippen molar-refractivity contribution in [1.29, 1.82) is 0 Å². The number of benzene rings is 1. The first-order valence-electron chi connectivity index (χ1n) is 9.31. The summed E-state index contributed by atoms with van der Waals surface area (Å²) in [4.78, 5) is 31.4. The number of carbonyl (C=O) groups excluding carboxylic acids is 2. The van der Waals surface area contributed by atoms with Gasteiger partial charge in [0.2, 0.25) is 5.91 Å². The van der Waals surface area contributed by atoms with E-state index in [1.807, 2.05) is 32.9 Å². The predicted octanol–water partition coefficient (Wildman–Crippen LogP) is 2.98. The Labute approximate surface area is 160 Å². The van der Waals surface area contributed by atoms with Crippen LogP contribution in [-0.4, -0.2) is 36.4 Å². The molecule has 6 heteroatoms. The average molecular weight is 366 g/mol. The van der Waals surface area contributed by atoms with E-state index in [-0.39, 0.29) is 18.4 Å². The summed E-state index contributed by atoms with van der Waals surface area (Å²) >= 11 is 0. The van der Waals surface area contributed by atoms with Crippen LogP contribution < -0.4 is 15.5 Å². The van der Waals surface area contributed by atoms with Gasteiger partial charge in [-0.2, -0.15) is 0 Å². The molecule has 2 heterocycles. The molecule has 0 spiro atoms. The first-order valence-corrected chi connectivity index (χ1v) is 9.31. The summed E-state index contributed by atoms with van der Waals surface area (Å²) < 4.78 is 0. The van der Waals surface area contributed by atoms with Crippen LogP contribution in [0.4, 0.5) is 11.5 Å². The zero-order valence-electron chi connectivity index (χ0n) is 16.1. The molecular weight excluding hydrogens is 340 g/mol. The number of carbonyl (C=O) groups is 2. The molecule has 1 aliphatic rings. The maximum Gasteiger partial charge on any atom is 0.255 e. The van der Waals surface area contributed by atoms with Crippen molar-refractivity contribution >= 4 is 23.3 Å². The maximum atomic E-state index is 12.6. The summed E-state index contributed by atoms with van der Waals surface area (Å²) in [6, 6.07) is 7.55. The third kappa shape index (κ3) is 4.45. The van der Waals surface area contributed by atoms with E-state index in [9.17, 15) is 9.59 Å². The standard InChI is InChI=1S/C21H26N4O2/c1-14-11-15(2)19(16(3)12-14)24-18(26)13-23-21(27)17-7-6-8-22-20(17)25-9-4-5-10-25/h6-8,11-12H,4-5,9-10,13H2,1-3H3,(H,23,27)(H,24,26). The van der Waals surface area contributed by atoms with Gasteiger partial charge in [0.15, 0.2) is 0 Å². The molecule has 2 N–H and O–H groups in total. The van der Waals surface area contributed by atoms with Crippen molar-refractivity contribution in [3.8, 4) is 0 Å². The fraction of sp³-hybridized carbons (Fsp3) is 0.381. The molecule has 6 nitrogen and oxygen atoms in total. The van der Waals surface area contributed by atoms with Crippen LogP contribution in [0.1, 0.15) is 39.9 Å². The van der Waals surface area contributed by atoms with E-state index in [1.54, 1.807) is 18.3 Å². The maximum absolute atomic E-state index is 12.6. The van der Waals surface area contributed by atoms with Crippen LogP contribution in [-0.2, 0) is 4.79 Å². The Bertz CT molecular complexity index is 834. The molecule has 2 aromatic rings. The summed E-state index contributed by atoms with van der Waals surface area (Å²) in [6.45, 7) is 7.68. The van der Waals surface area contributed by atoms with E-state index >= 15 is 0 Å². The van der Waals surface area contributed by atoms with Gasteiger partial charge in [0, 0.05) is 25.0 Å². The lowest BCUT2D eigenvalue weighted by Gasteiger charge is -2.19. The summed E-state index contributed by atoms with van der Waals surface area (Å²) in [5.74, 6) is 0.167. The number of nitrogens with zero attached hydrogens (tertiary/aromatic N) is 2. The molecule has 0 bridgehead atoms. The molecule has 142 valence electrons. The molecule has 3 rings (SSSR count). The molecule has 2 amide bonds. The van der Waals surface area contributed by atoms with Crippen molar-refractivity contribution in [2.24, 2.45) is 0 Å². The Morgan fingerprint density at radius 2 is 1.78 bits per heavy atom. The molecule has 1 aromatic heterocycles. The van der Waals surface area contributed by atoms with Gasteiger partial charge >= 0.3 is 0 Å². The largest absolute Gasteiger partial charge is 0.356 e. The molecule has 0 atom stereocenters. The third-order valence-electron chi connectivity index (χ3n) is 4.79. The monoisotopic (exact) mass is 366 g/mol. The minimum Gasteiger partial charge on any atom is -0.356 e. The fourth-order valence-electron chi connectivity index (χ4n) is 3.57. The number of aromatic nitrogens is 1. The SMILES string of the molecule is Cc1cc(C)c(NC(=O)CNC(=O)c2cccnc2N2CCCC2)c(C)c1. The highest BCUT2D eigenvalue weighted by atomic mass is 16.2. The summed E-state index contributed by atoms with van der Waals surface area (Å²) in [7, 11) is 0. The number of hydrogen-bond acceptors (Lipinski definition) is 4. The number of nitrogens with one attached hydrogen (secondary N) is 2. The average Bonchev–Trinajstić information content (AvgIpc) is 3.17. The second-order valence-electron chi connectivity index (χ2n) is 7.07. The Balaban J connectivity index is 1.64. The third-order valence-corrected chi connectivity index (χ3v) is 4.79. The Kier molecular flexibility index (Phi) is 5.74. The number of aryl methyl sites for hydroxylation is 3. The van der Waals surface area contributed by atoms with Crippen LogP contribution in [0.25, 0.3) is 0 Å². The molecule has 0 radical (unpaired) electrons. The van der Waals surface area contributed by atoms with Gasteiger partial charge in [-0.15, -0.1) is 0 Å². The van der Waals surface area contributed by atoms with Crippen LogP contribution >= 0.6 is 0 Å². The van der Waals surface area contributed by atoms with Crippen LogP contribution in [0.5, 0.6) is 0 Å². The number of rotatable bonds is 5. The van der Waals surface area contributed by atoms with Crippen LogP contribution in [0.2, 0.25) is 0 Å². The first kappa shape index (κ1) is 18.9. The highest BCUT2D eigenvalue weighted by Gasteiger charge is 2.21. The molecule has 27 heavy (non-hydrogen) atoms. The van der Waals surface area contributed by atoms with E-state index in [0.29, 0.717) is 11.4 Å². The van der Waals surface area contributed by atoms with E-state index in [0.717, 1.165) is 48.3 Å². The lowest BCUT2D eigenvalue weighted by atomic mass is 10.1. The van der Waals surface area contributed by atoms with Crippen molar-refractivity contribution in [3.63, 3.8) is 0 Å². The highest BCUT2D eigenvalue weighted by molar-refractivity contribution is 6.02. The number of hydrogen-bond donors (Lipinski definition) is 2. The second kappa shape index (κ2) is 8.20. The molecular formula is C21H26N4O2. The molecule has 1 aromatic carbocycles. The molecule has 0 aliphatic carbocycles. The van der Waals surface area contributed by atoms with E-state index in [2.05, 4.69) is 20.5 Å². The van der Waals surface area contributed by atoms with Gasteiger partial charge in [-0.1, -0.05) is 17.7 Å². The van der Waals surface area contributed by atoms with Gasteiger partial charge in [0.1, 0.15) is 5.82 Å². The molecule has 1 saturated heterocycles. The van der Waals surface area contributed by atoms with Gasteiger partial charge in [-0.3, -0.25) is 9.59 Å². The second-order valence-corrected chi connectivity index (χ2v) is 7.07. The van der Waals surface area contributed by atoms with Gasteiger partial charge in [0.25, 0.3) is 5.91 Å². The first-order chi connectivity index (χ1) is 13.0. The van der Waals surface area contributed by atoms with Crippen molar-refractivity contribution in [1.82, 2.24) is 10.3 Å². The number of anilines is 2. The van der Waals surface area contributed by atoms with E-state index < -0.39 is 0 Å². The topological polar surface area (TPSA) is 74.3 Å². The van der Waals surface area contributed by atoms with Gasteiger partial charge in [0.05, 0.1) is 12.1 Å². The normalized spacial score (nSPS) is 13.5. The van der Waals surface area contributed by atoms with Crippen molar-refractivity contribution in [2.45, 2.75) is 33.6 Å². The molecule has 0 unspecified atom stereocenters. The fourth-order valence-corrected chi connectivity index (χ4v) is 3.57. The molecule has 1 aliphatic heterocycles. The highest BCUT2D eigenvalue weighted by Crippen LogP contribution is 2.23. The molecule has 0 saturated carbocycles. The minimum atomic E-state index is -0.280. The van der Waals surface area contributed by atoms with Crippen LogP contribution in [0.15, 0.2) is 30.5 Å². The quantitative estimate of drug-likeness (QED) is 0.853. The zero-order valence-corrected chi connectivity index (χ0v) is 16.1. The lowest BCUT2D eigenvalue weighted by Crippen LogP contribution is -2.34. The van der Waals surface area contributed by atoms with Crippen LogP contribution in [0, 0.1) is 20.8 Å². The van der Waals surface area contributed by atoms with Gasteiger partial charge in [-0.25, -0.2) is 4.98 Å². The van der Waals surface area contributed by atoms with Gasteiger partial charge < -0.3 is 15.5 Å². The Morgan fingerprint density at radius 3 is 2.44 bits per heavy atom. The van der Waals surface area contributed by atoms with Crippen molar-refractivity contribution in [3.05, 3.63) is 52.7 Å². The summed E-state index contributed by atoms with van der Waals surface area (Å²) in [6.07, 6.45) is 3.91. The predicted molar refractivity (Wildman–Crippen MR) is 107 cm³/mol. The van der Waals surface area contributed by atoms with Crippen LogP contribution in [0.3, 0.4) is 0 Å². The summed E-state index contributed by atoms with van der Waals surface area (Å²) in [5.41, 5.74) is 4.49. The van der Waals surface area contributed by atoms with E-state index in [4.69, 9.17) is 0 Å². The Hall–Kier alpha value is -2.89. The number of amides is 2. The Morgan fingerprint density at radius 1 is 1.11 bits per heavy atom.